The molecule has 1 aliphatic rings. The summed E-state index contributed by atoms with van der Waals surface area (Å²) in [5.41, 5.74) is 0. The Hall–Kier alpha value is -0.570. The molecule has 0 bridgehead atoms. The number of nitrogens with zero attached hydrogens (tertiary/aromatic N) is 2. The van der Waals surface area contributed by atoms with Crippen molar-refractivity contribution in [2.24, 2.45) is 0 Å². The zero-order valence-electron chi connectivity index (χ0n) is 5.12. The highest BCUT2D eigenvalue weighted by molar-refractivity contribution is 4.84. The number of halogens is 7. The lowest BCUT2D eigenvalue weighted by Crippen LogP contribution is -2.41. The summed E-state index contributed by atoms with van der Waals surface area (Å²) in [5.74, 6) is 0. The van der Waals surface area contributed by atoms with Gasteiger partial charge in [0, 0.05) is 5.12 Å². The summed E-state index contributed by atoms with van der Waals surface area (Å²) in [6.45, 7) is 0. The highest BCUT2D eigenvalue weighted by atomic mass is 19.3. The molecule has 1 aliphatic heterocycles. The van der Waals surface area contributed by atoms with E-state index in [9.17, 15) is 30.9 Å². The van der Waals surface area contributed by atoms with Gasteiger partial charge in [0.25, 0.3) is 6.30 Å². The van der Waals surface area contributed by atoms with E-state index in [4.69, 9.17) is 0 Å². The topological polar surface area (TPSA) is 6.48 Å². The predicted octanol–water partition coefficient (Wildman–Crippen LogP) is 1.81. The van der Waals surface area contributed by atoms with E-state index in [1.165, 1.54) is 0 Å². The number of rotatable bonds is 0. The minimum absolute atomic E-state index is 2.19. The van der Waals surface area contributed by atoms with Gasteiger partial charge in [-0.15, -0.1) is 8.96 Å². The second-order valence-electron chi connectivity index (χ2n) is 2.03. The molecule has 0 radical (unpaired) electrons. The van der Waals surface area contributed by atoms with Crippen LogP contribution in [0.3, 0.4) is 0 Å². The molecular weight excluding hydrogens is 197 g/mol. The Labute approximate surface area is 61.0 Å². The number of alkyl halides is 5. The van der Waals surface area contributed by atoms with Crippen molar-refractivity contribution in [3.05, 3.63) is 0 Å². The van der Waals surface area contributed by atoms with Crippen molar-refractivity contribution < 1.29 is 30.9 Å². The molecule has 1 fully saturated rings. The average molecular weight is 198 g/mol. The fourth-order valence-corrected chi connectivity index (χ4v) is 0.629. The SMILES string of the molecule is FC1N(F)C(F)(F)N(F)C1(F)F. The Bertz CT molecular complexity index is 173. The molecule has 12 heavy (non-hydrogen) atoms. The molecule has 0 spiro atoms. The van der Waals surface area contributed by atoms with Gasteiger partial charge in [-0.25, -0.2) is 4.39 Å². The Morgan fingerprint density at radius 2 is 1.42 bits per heavy atom. The van der Waals surface area contributed by atoms with Crippen LogP contribution in [-0.4, -0.2) is 28.8 Å². The standard InChI is InChI=1S/C3HF7N2/c4-1-2(5,6)12(10)3(7,8)11(1)9/h1H. The van der Waals surface area contributed by atoms with Crippen molar-refractivity contribution in [1.29, 1.82) is 0 Å². The summed E-state index contributed by atoms with van der Waals surface area (Å²) in [6, 6.07) is -5.18. The van der Waals surface area contributed by atoms with Gasteiger partial charge in [0.05, 0.1) is 0 Å². The van der Waals surface area contributed by atoms with Crippen LogP contribution in [0, 0.1) is 0 Å². The van der Waals surface area contributed by atoms with Crippen LogP contribution in [0.5, 0.6) is 0 Å². The lowest BCUT2D eigenvalue weighted by atomic mass is 10.5. The van der Waals surface area contributed by atoms with E-state index in [0.29, 0.717) is 0 Å². The minimum atomic E-state index is -5.27. The van der Waals surface area contributed by atoms with Crippen LogP contribution >= 0.6 is 0 Å². The molecule has 0 aromatic rings. The molecule has 72 valence electrons. The second-order valence-corrected chi connectivity index (χ2v) is 2.03. The fraction of sp³-hybridized carbons (Fsp3) is 1.00. The number of hydrogen-bond acceptors (Lipinski definition) is 2. The summed E-state index contributed by atoms with van der Waals surface area (Å²) in [7, 11) is 0. The van der Waals surface area contributed by atoms with Crippen LogP contribution < -0.4 is 0 Å². The second kappa shape index (κ2) is 2.22. The first kappa shape index (κ1) is 9.52. The van der Waals surface area contributed by atoms with Crippen molar-refractivity contribution in [1.82, 2.24) is 10.2 Å². The summed E-state index contributed by atoms with van der Waals surface area (Å²) < 4.78 is 83.0. The largest absolute Gasteiger partial charge is 0.428 e. The van der Waals surface area contributed by atoms with Crippen LogP contribution in [0.15, 0.2) is 0 Å². The van der Waals surface area contributed by atoms with Crippen LogP contribution in [-0.2, 0) is 0 Å². The molecule has 0 aliphatic carbocycles. The van der Waals surface area contributed by atoms with Crippen molar-refractivity contribution in [3.8, 4) is 0 Å². The molecule has 0 amide bonds. The fourth-order valence-electron chi connectivity index (χ4n) is 0.629. The lowest BCUT2D eigenvalue weighted by Gasteiger charge is -2.16. The van der Waals surface area contributed by atoms with Gasteiger partial charge < -0.3 is 0 Å². The summed E-state index contributed by atoms with van der Waals surface area (Å²) in [4.78, 5) is 0. The van der Waals surface area contributed by atoms with Crippen LogP contribution in [0.2, 0.25) is 0 Å². The van der Waals surface area contributed by atoms with Crippen molar-refractivity contribution >= 4 is 0 Å². The van der Waals surface area contributed by atoms with Crippen molar-refractivity contribution in [2.45, 2.75) is 18.5 Å². The third kappa shape index (κ3) is 0.891. The molecule has 1 atom stereocenters. The van der Waals surface area contributed by atoms with Gasteiger partial charge >= 0.3 is 12.2 Å². The maximum absolute atomic E-state index is 11.9. The van der Waals surface area contributed by atoms with E-state index in [0.717, 1.165) is 0 Å². The van der Waals surface area contributed by atoms with Crippen LogP contribution in [0.1, 0.15) is 0 Å². The molecule has 0 aromatic carbocycles. The predicted molar refractivity (Wildman–Crippen MR) is 20.7 cm³/mol. The smallest absolute Gasteiger partial charge is 0.219 e. The van der Waals surface area contributed by atoms with E-state index in [-0.39, 0.29) is 0 Å². The maximum atomic E-state index is 11.9. The molecule has 1 rings (SSSR count). The van der Waals surface area contributed by atoms with Crippen LogP contribution in [0.25, 0.3) is 0 Å². The lowest BCUT2D eigenvalue weighted by molar-refractivity contribution is -0.358. The van der Waals surface area contributed by atoms with Gasteiger partial charge in [0.15, 0.2) is 0 Å². The monoisotopic (exact) mass is 198 g/mol. The van der Waals surface area contributed by atoms with E-state index in [1.807, 2.05) is 0 Å². The molecule has 0 aromatic heterocycles. The first-order valence-corrected chi connectivity index (χ1v) is 2.53. The number of hydrogen-bond donors (Lipinski definition) is 0. The van der Waals surface area contributed by atoms with Gasteiger partial charge in [0.2, 0.25) is 0 Å². The zero-order valence-corrected chi connectivity index (χ0v) is 5.12. The van der Waals surface area contributed by atoms with Crippen LogP contribution in [0.4, 0.5) is 30.9 Å². The van der Waals surface area contributed by atoms with E-state index < -0.39 is 28.8 Å². The van der Waals surface area contributed by atoms with Crippen molar-refractivity contribution in [2.75, 3.05) is 0 Å². The molecule has 1 unspecified atom stereocenters. The van der Waals surface area contributed by atoms with Gasteiger partial charge in [0.1, 0.15) is 0 Å². The molecular formula is C3HF7N2. The van der Waals surface area contributed by atoms with E-state index in [1.54, 1.807) is 0 Å². The van der Waals surface area contributed by atoms with Gasteiger partial charge in [-0.1, -0.05) is 0 Å². The van der Waals surface area contributed by atoms with Crippen molar-refractivity contribution in [3.63, 3.8) is 0 Å². The molecule has 0 N–H and O–H groups in total. The minimum Gasteiger partial charge on any atom is -0.219 e. The highest BCUT2D eigenvalue weighted by Crippen LogP contribution is 2.47. The maximum Gasteiger partial charge on any atom is 0.428 e. The third-order valence-corrected chi connectivity index (χ3v) is 1.24. The van der Waals surface area contributed by atoms with E-state index in [2.05, 4.69) is 0 Å². The first-order chi connectivity index (χ1) is 5.22. The first-order valence-electron chi connectivity index (χ1n) is 2.53. The Balaban J connectivity index is 3.03. The highest BCUT2D eigenvalue weighted by Gasteiger charge is 2.74. The molecule has 0 saturated carbocycles. The average Bonchev–Trinajstić information content (AvgIpc) is 2.06. The summed E-state index contributed by atoms with van der Waals surface area (Å²) in [6.07, 6.45) is -9.29. The van der Waals surface area contributed by atoms with Gasteiger partial charge in [-0.2, -0.15) is 17.6 Å². The molecule has 1 saturated heterocycles. The van der Waals surface area contributed by atoms with E-state index >= 15 is 0 Å². The zero-order chi connectivity index (χ0) is 9.73. The normalized spacial score (nSPS) is 35.8. The summed E-state index contributed by atoms with van der Waals surface area (Å²) in [5, 5.41) is -4.66. The Morgan fingerprint density at radius 3 is 1.50 bits per heavy atom. The molecule has 2 nitrogen and oxygen atoms in total. The summed E-state index contributed by atoms with van der Waals surface area (Å²) >= 11 is 0. The quantitative estimate of drug-likeness (QED) is 0.332. The molecule has 1 heterocycles. The van der Waals surface area contributed by atoms with Gasteiger partial charge in [-0.05, 0) is 5.12 Å². The van der Waals surface area contributed by atoms with Gasteiger partial charge in [-0.3, -0.25) is 0 Å². The third-order valence-electron chi connectivity index (χ3n) is 1.24. The Kier molecular flexibility index (Phi) is 1.76. The Morgan fingerprint density at radius 1 is 1.00 bits per heavy atom. The molecule has 9 heteroatoms.